The first-order chi connectivity index (χ1) is 12.5. The zero-order chi connectivity index (χ0) is 18.7. The molecule has 1 atom stereocenters. The number of amides is 1. The lowest BCUT2D eigenvalue weighted by Gasteiger charge is -2.27. The minimum atomic E-state index is -0.192. The highest BCUT2D eigenvalue weighted by molar-refractivity contribution is 6.32. The van der Waals surface area contributed by atoms with Gasteiger partial charge in [0.15, 0.2) is 11.5 Å². The van der Waals surface area contributed by atoms with Gasteiger partial charge in [0.2, 0.25) is 0 Å². The predicted octanol–water partition coefficient (Wildman–Crippen LogP) is 4.56. The van der Waals surface area contributed by atoms with Crippen molar-refractivity contribution in [3.8, 4) is 11.5 Å². The van der Waals surface area contributed by atoms with Crippen LogP contribution in [-0.2, 0) is 6.42 Å². The Kier molecular flexibility index (Phi) is 7.22. The molecular formula is C20H24Cl2N2O3. The summed E-state index contributed by atoms with van der Waals surface area (Å²) in [5.41, 5.74) is 9.40. The molecule has 3 N–H and O–H groups in total. The molecule has 1 aliphatic rings. The van der Waals surface area contributed by atoms with E-state index in [2.05, 4.69) is 5.32 Å². The van der Waals surface area contributed by atoms with Crippen LogP contribution >= 0.6 is 24.0 Å². The monoisotopic (exact) mass is 410 g/mol. The number of carbonyl (C=O) groups excluding carboxylic acids is 1. The summed E-state index contributed by atoms with van der Waals surface area (Å²) < 4.78 is 10.8. The van der Waals surface area contributed by atoms with E-state index < -0.39 is 0 Å². The van der Waals surface area contributed by atoms with Crippen LogP contribution in [0.5, 0.6) is 11.5 Å². The second-order valence-corrected chi connectivity index (χ2v) is 6.71. The number of hydrogen-bond acceptors (Lipinski definition) is 4. The zero-order valence-corrected chi connectivity index (χ0v) is 17.0. The number of halogens is 2. The number of hydrogen-bond donors (Lipinski definition) is 2. The topological polar surface area (TPSA) is 73.6 Å². The number of nitrogens with one attached hydrogen (secondary N) is 1. The van der Waals surface area contributed by atoms with Crippen LogP contribution in [0, 0.1) is 0 Å². The quantitative estimate of drug-likeness (QED) is 0.708. The first-order valence-corrected chi connectivity index (χ1v) is 9.10. The van der Waals surface area contributed by atoms with Crippen LogP contribution in [0.4, 0.5) is 5.69 Å². The van der Waals surface area contributed by atoms with E-state index in [1.54, 1.807) is 12.1 Å². The van der Waals surface area contributed by atoms with Crippen LogP contribution in [0.3, 0.4) is 0 Å². The number of fused-ring (bicyclic) bond motifs is 1. The molecule has 1 unspecified atom stereocenters. The van der Waals surface area contributed by atoms with Gasteiger partial charge in [-0.1, -0.05) is 17.7 Å². The Morgan fingerprint density at radius 2 is 2.11 bits per heavy atom. The van der Waals surface area contributed by atoms with Gasteiger partial charge in [-0.25, -0.2) is 0 Å². The van der Waals surface area contributed by atoms with E-state index in [4.69, 9.17) is 26.8 Å². The van der Waals surface area contributed by atoms with E-state index in [9.17, 15) is 4.79 Å². The Morgan fingerprint density at radius 3 is 2.81 bits per heavy atom. The second kappa shape index (κ2) is 9.20. The third-order valence-corrected chi connectivity index (χ3v) is 4.85. The van der Waals surface area contributed by atoms with E-state index in [0.717, 1.165) is 30.5 Å². The van der Waals surface area contributed by atoms with E-state index in [1.165, 1.54) is 12.7 Å². The molecule has 0 bridgehead atoms. The van der Waals surface area contributed by atoms with Crippen LogP contribution in [-0.4, -0.2) is 19.6 Å². The van der Waals surface area contributed by atoms with Gasteiger partial charge in [-0.3, -0.25) is 4.79 Å². The van der Waals surface area contributed by atoms with Crippen molar-refractivity contribution in [3.05, 3.63) is 52.0 Å². The van der Waals surface area contributed by atoms with Gasteiger partial charge in [0, 0.05) is 11.3 Å². The summed E-state index contributed by atoms with van der Waals surface area (Å²) in [5, 5.41) is 3.46. The van der Waals surface area contributed by atoms with Crippen molar-refractivity contribution in [2.75, 3.05) is 19.5 Å². The Hall–Kier alpha value is -2.11. The minimum absolute atomic E-state index is 0. The van der Waals surface area contributed by atoms with E-state index in [0.29, 0.717) is 28.7 Å². The lowest BCUT2D eigenvalue weighted by Crippen LogP contribution is -2.31. The molecule has 3 rings (SSSR count). The van der Waals surface area contributed by atoms with Crippen LogP contribution in [0.2, 0.25) is 5.02 Å². The Morgan fingerprint density at radius 1 is 1.33 bits per heavy atom. The highest BCUT2D eigenvalue weighted by Crippen LogP contribution is 2.37. The molecule has 1 aliphatic carbocycles. The lowest BCUT2D eigenvalue weighted by molar-refractivity contribution is 0.0932. The van der Waals surface area contributed by atoms with Crippen LogP contribution in [0.15, 0.2) is 30.3 Å². The fourth-order valence-electron chi connectivity index (χ4n) is 3.36. The van der Waals surface area contributed by atoms with Crippen molar-refractivity contribution in [2.45, 2.75) is 32.2 Å². The maximum atomic E-state index is 12.8. The molecule has 1 amide bonds. The molecule has 2 aromatic carbocycles. The van der Waals surface area contributed by atoms with Gasteiger partial charge in [-0.2, -0.15) is 0 Å². The van der Waals surface area contributed by atoms with Gasteiger partial charge in [0.05, 0.1) is 24.8 Å². The Bertz CT molecular complexity index is 827. The molecule has 2 aromatic rings. The standard InChI is InChI=1S/C20H23ClN2O3.ClH/c1-3-26-19-16(21)10-13(11-18(19)25-2)20(24)23-17-6-4-5-12-9-14(22)7-8-15(12)17;/h7-11,17H,3-6,22H2,1-2H3,(H,23,24);1H. The summed E-state index contributed by atoms with van der Waals surface area (Å²) in [5.74, 6) is 0.705. The number of nitrogens with two attached hydrogens (primary N) is 1. The first kappa shape index (κ1) is 21.2. The Labute approximate surface area is 170 Å². The zero-order valence-electron chi connectivity index (χ0n) is 15.4. The number of aryl methyl sites for hydroxylation is 1. The minimum Gasteiger partial charge on any atom is -0.493 e. The smallest absolute Gasteiger partial charge is 0.251 e. The average Bonchev–Trinajstić information content (AvgIpc) is 2.63. The molecule has 0 radical (unpaired) electrons. The highest BCUT2D eigenvalue weighted by atomic mass is 35.5. The molecule has 0 fully saturated rings. The van der Waals surface area contributed by atoms with Crippen molar-refractivity contribution in [1.29, 1.82) is 0 Å². The van der Waals surface area contributed by atoms with Gasteiger partial charge >= 0.3 is 0 Å². The molecular weight excluding hydrogens is 387 g/mol. The third kappa shape index (κ3) is 4.60. The predicted molar refractivity (Wildman–Crippen MR) is 110 cm³/mol. The average molecular weight is 411 g/mol. The van der Waals surface area contributed by atoms with Crippen molar-refractivity contribution < 1.29 is 14.3 Å². The van der Waals surface area contributed by atoms with Crippen LogP contribution in [0.25, 0.3) is 0 Å². The summed E-state index contributed by atoms with van der Waals surface area (Å²) >= 11 is 6.28. The van der Waals surface area contributed by atoms with Gasteiger partial charge in [-0.15, -0.1) is 12.4 Å². The number of rotatable bonds is 5. The molecule has 0 aromatic heterocycles. The molecule has 0 aliphatic heterocycles. The summed E-state index contributed by atoms with van der Waals surface area (Å²) in [7, 11) is 1.53. The third-order valence-electron chi connectivity index (χ3n) is 4.57. The molecule has 7 heteroatoms. The highest BCUT2D eigenvalue weighted by Gasteiger charge is 2.23. The second-order valence-electron chi connectivity index (χ2n) is 6.30. The summed E-state index contributed by atoms with van der Waals surface area (Å²) in [6, 6.07) is 9.09. The maximum absolute atomic E-state index is 12.8. The molecule has 27 heavy (non-hydrogen) atoms. The van der Waals surface area contributed by atoms with Crippen LogP contribution < -0.4 is 20.5 Å². The fraction of sp³-hybridized carbons (Fsp3) is 0.350. The number of anilines is 1. The molecule has 5 nitrogen and oxygen atoms in total. The maximum Gasteiger partial charge on any atom is 0.251 e. The normalized spacial score (nSPS) is 15.3. The summed E-state index contributed by atoms with van der Waals surface area (Å²) in [6.07, 6.45) is 2.88. The summed E-state index contributed by atoms with van der Waals surface area (Å²) in [6.45, 7) is 2.33. The van der Waals surface area contributed by atoms with Gasteiger partial charge < -0.3 is 20.5 Å². The van der Waals surface area contributed by atoms with Gasteiger partial charge in [0.25, 0.3) is 5.91 Å². The molecule has 146 valence electrons. The SMILES string of the molecule is CCOc1c(Cl)cc(C(=O)NC2CCCc3cc(N)ccc32)cc1OC.Cl. The lowest BCUT2D eigenvalue weighted by atomic mass is 9.87. The van der Waals surface area contributed by atoms with Gasteiger partial charge in [-0.05, 0) is 61.6 Å². The number of nitrogen functional groups attached to an aromatic ring is 1. The first-order valence-electron chi connectivity index (χ1n) is 8.73. The summed E-state index contributed by atoms with van der Waals surface area (Å²) in [4.78, 5) is 12.8. The van der Waals surface area contributed by atoms with Gasteiger partial charge in [0.1, 0.15) is 0 Å². The molecule has 0 saturated carbocycles. The van der Waals surface area contributed by atoms with Crippen molar-refractivity contribution in [2.24, 2.45) is 0 Å². The number of benzene rings is 2. The Balaban J connectivity index is 0.00000261. The number of ether oxygens (including phenoxy) is 2. The fourth-order valence-corrected chi connectivity index (χ4v) is 3.63. The van der Waals surface area contributed by atoms with E-state index in [1.807, 2.05) is 25.1 Å². The molecule has 0 spiro atoms. The largest absolute Gasteiger partial charge is 0.493 e. The molecule has 0 heterocycles. The van der Waals surface area contributed by atoms with E-state index >= 15 is 0 Å². The molecule has 0 saturated heterocycles. The number of carbonyl (C=O) groups is 1. The van der Waals surface area contributed by atoms with Crippen molar-refractivity contribution in [1.82, 2.24) is 5.32 Å². The van der Waals surface area contributed by atoms with Crippen LogP contribution in [0.1, 0.15) is 47.3 Å². The van der Waals surface area contributed by atoms with E-state index in [-0.39, 0.29) is 24.4 Å². The van der Waals surface area contributed by atoms with Crippen molar-refractivity contribution >= 4 is 35.6 Å². The number of methoxy groups -OCH3 is 1. The van der Waals surface area contributed by atoms with Crippen molar-refractivity contribution in [3.63, 3.8) is 0 Å².